The molecule has 2 heteroatoms. The first kappa shape index (κ1) is 15.5. The van der Waals surface area contributed by atoms with Gasteiger partial charge in [-0.15, -0.1) is 0 Å². The second-order valence-corrected chi connectivity index (χ2v) is 6.28. The van der Waals surface area contributed by atoms with Crippen LogP contribution < -0.4 is 5.32 Å². The monoisotopic (exact) mass is 275 g/mol. The molecule has 1 fully saturated rings. The zero-order valence-corrected chi connectivity index (χ0v) is 13.6. The lowest BCUT2D eigenvalue weighted by Gasteiger charge is -2.28. The summed E-state index contributed by atoms with van der Waals surface area (Å²) in [6.07, 6.45) is 4.08. The Bertz CT molecular complexity index is 428. The largest absolute Gasteiger partial charge is 0.380 e. The van der Waals surface area contributed by atoms with Crippen molar-refractivity contribution in [2.75, 3.05) is 13.7 Å². The molecule has 0 radical (unpaired) electrons. The van der Waals surface area contributed by atoms with Crippen LogP contribution in [0.2, 0.25) is 0 Å². The number of likely N-dealkylation sites (N-methyl/N-ethyl adjacent to an activating group) is 1. The lowest BCUT2D eigenvalue weighted by Crippen LogP contribution is -2.44. The van der Waals surface area contributed by atoms with Gasteiger partial charge in [0.1, 0.15) is 0 Å². The van der Waals surface area contributed by atoms with Gasteiger partial charge in [-0.25, -0.2) is 0 Å². The maximum absolute atomic E-state index is 5.80. The van der Waals surface area contributed by atoms with Gasteiger partial charge in [0.2, 0.25) is 0 Å². The summed E-state index contributed by atoms with van der Waals surface area (Å²) in [5.41, 5.74) is 5.67. The van der Waals surface area contributed by atoms with E-state index in [4.69, 9.17) is 4.74 Å². The molecule has 112 valence electrons. The van der Waals surface area contributed by atoms with E-state index >= 15 is 0 Å². The van der Waals surface area contributed by atoms with Crippen LogP contribution in [-0.2, 0) is 11.2 Å². The standard InChI is InChI=1S/C18H29NO/c1-6-19-17(18(20-5)15-7-8-15)11-16-13(3)9-12(2)10-14(16)4/h9-10,15,17-19H,6-8,11H2,1-5H3. The van der Waals surface area contributed by atoms with Crippen LogP contribution in [0.3, 0.4) is 0 Å². The normalized spacial score (nSPS) is 18.1. The fourth-order valence-electron chi connectivity index (χ4n) is 3.43. The number of benzene rings is 1. The number of rotatable bonds is 7. The molecule has 0 heterocycles. The Hall–Kier alpha value is -0.860. The molecule has 1 saturated carbocycles. The molecule has 0 amide bonds. The van der Waals surface area contributed by atoms with Gasteiger partial charge in [-0.3, -0.25) is 0 Å². The van der Waals surface area contributed by atoms with E-state index in [2.05, 4.69) is 45.1 Å². The minimum absolute atomic E-state index is 0.357. The van der Waals surface area contributed by atoms with Crippen LogP contribution in [0.25, 0.3) is 0 Å². The Labute approximate surface area is 123 Å². The van der Waals surface area contributed by atoms with Crippen LogP contribution >= 0.6 is 0 Å². The molecular formula is C18H29NO. The molecule has 0 saturated heterocycles. The van der Waals surface area contributed by atoms with Crippen LogP contribution in [0, 0.1) is 26.7 Å². The highest BCUT2D eigenvalue weighted by Gasteiger charge is 2.36. The lowest BCUT2D eigenvalue weighted by atomic mass is 9.91. The van der Waals surface area contributed by atoms with Gasteiger partial charge in [0, 0.05) is 13.2 Å². The molecule has 1 N–H and O–H groups in total. The fourth-order valence-corrected chi connectivity index (χ4v) is 3.43. The Morgan fingerprint density at radius 2 is 1.80 bits per heavy atom. The van der Waals surface area contributed by atoms with Crippen molar-refractivity contribution >= 4 is 0 Å². The smallest absolute Gasteiger partial charge is 0.0755 e. The van der Waals surface area contributed by atoms with Crippen molar-refractivity contribution < 1.29 is 4.74 Å². The molecule has 1 aromatic carbocycles. The molecular weight excluding hydrogens is 246 g/mol. The highest BCUT2D eigenvalue weighted by Crippen LogP contribution is 2.36. The zero-order chi connectivity index (χ0) is 14.7. The summed E-state index contributed by atoms with van der Waals surface area (Å²) < 4.78 is 5.80. The average molecular weight is 275 g/mol. The maximum Gasteiger partial charge on any atom is 0.0755 e. The number of methoxy groups -OCH3 is 1. The van der Waals surface area contributed by atoms with Gasteiger partial charge in [0.05, 0.1) is 6.10 Å². The molecule has 0 aliphatic heterocycles. The first-order valence-corrected chi connectivity index (χ1v) is 7.89. The summed E-state index contributed by atoms with van der Waals surface area (Å²) in [6.45, 7) is 9.82. The quantitative estimate of drug-likeness (QED) is 0.821. The van der Waals surface area contributed by atoms with E-state index in [1.807, 2.05) is 7.11 Å². The number of hydrogen-bond donors (Lipinski definition) is 1. The number of nitrogens with one attached hydrogen (secondary N) is 1. The molecule has 0 bridgehead atoms. The predicted molar refractivity (Wildman–Crippen MR) is 85.3 cm³/mol. The van der Waals surface area contributed by atoms with Gasteiger partial charge in [-0.1, -0.05) is 24.6 Å². The lowest BCUT2D eigenvalue weighted by molar-refractivity contribution is 0.0515. The summed E-state index contributed by atoms with van der Waals surface area (Å²) in [4.78, 5) is 0. The van der Waals surface area contributed by atoms with E-state index in [-0.39, 0.29) is 0 Å². The first-order valence-electron chi connectivity index (χ1n) is 7.89. The van der Waals surface area contributed by atoms with Crippen molar-refractivity contribution in [2.45, 2.75) is 59.1 Å². The van der Waals surface area contributed by atoms with E-state index in [0.29, 0.717) is 12.1 Å². The highest BCUT2D eigenvalue weighted by molar-refractivity contribution is 5.38. The van der Waals surface area contributed by atoms with Gasteiger partial charge >= 0.3 is 0 Å². The van der Waals surface area contributed by atoms with E-state index in [1.165, 1.54) is 35.1 Å². The van der Waals surface area contributed by atoms with Crippen LogP contribution in [-0.4, -0.2) is 25.8 Å². The van der Waals surface area contributed by atoms with Gasteiger partial charge in [-0.05, 0) is 69.2 Å². The van der Waals surface area contributed by atoms with E-state index in [0.717, 1.165) is 18.9 Å². The van der Waals surface area contributed by atoms with E-state index < -0.39 is 0 Å². The Balaban J connectivity index is 2.19. The van der Waals surface area contributed by atoms with Gasteiger partial charge < -0.3 is 10.1 Å². The van der Waals surface area contributed by atoms with E-state index in [1.54, 1.807) is 0 Å². The summed E-state index contributed by atoms with van der Waals surface area (Å²) >= 11 is 0. The van der Waals surface area contributed by atoms with Crippen molar-refractivity contribution in [3.05, 3.63) is 34.4 Å². The third-order valence-electron chi connectivity index (χ3n) is 4.49. The molecule has 1 aromatic rings. The molecule has 2 atom stereocenters. The van der Waals surface area contributed by atoms with Crippen molar-refractivity contribution in [2.24, 2.45) is 5.92 Å². The number of hydrogen-bond acceptors (Lipinski definition) is 2. The summed E-state index contributed by atoms with van der Waals surface area (Å²) in [5, 5.41) is 3.65. The van der Waals surface area contributed by atoms with Crippen LogP contribution in [0.5, 0.6) is 0 Å². The summed E-state index contributed by atoms with van der Waals surface area (Å²) in [5.74, 6) is 0.759. The molecule has 0 aromatic heterocycles. The number of ether oxygens (including phenoxy) is 1. The van der Waals surface area contributed by atoms with Gasteiger partial charge in [0.15, 0.2) is 0 Å². The van der Waals surface area contributed by atoms with Crippen molar-refractivity contribution in [1.82, 2.24) is 5.32 Å². The molecule has 1 aliphatic carbocycles. The van der Waals surface area contributed by atoms with Crippen LogP contribution in [0.15, 0.2) is 12.1 Å². The zero-order valence-electron chi connectivity index (χ0n) is 13.6. The highest BCUT2D eigenvalue weighted by atomic mass is 16.5. The Kier molecular flexibility index (Phi) is 5.22. The minimum atomic E-state index is 0.357. The molecule has 20 heavy (non-hydrogen) atoms. The average Bonchev–Trinajstić information content (AvgIpc) is 3.19. The minimum Gasteiger partial charge on any atom is -0.380 e. The molecule has 2 nitrogen and oxygen atoms in total. The van der Waals surface area contributed by atoms with Gasteiger partial charge in [0.25, 0.3) is 0 Å². The predicted octanol–water partition coefficient (Wildman–Crippen LogP) is 3.56. The second kappa shape index (κ2) is 6.73. The summed E-state index contributed by atoms with van der Waals surface area (Å²) in [7, 11) is 1.86. The van der Waals surface area contributed by atoms with Gasteiger partial charge in [-0.2, -0.15) is 0 Å². The third kappa shape index (κ3) is 3.62. The van der Waals surface area contributed by atoms with Crippen molar-refractivity contribution in [1.29, 1.82) is 0 Å². The van der Waals surface area contributed by atoms with E-state index in [9.17, 15) is 0 Å². The Morgan fingerprint density at radius 1 is 1.20 bits per heavy atom. The van der Waals surface area contributed by atoms with Crippen LogP contribution in [0.4, 0.5) is 0 Å². The Morgan fingerprint density at radius 3 is 2.25 bits per heavy atom. The first-order chi connectivity index (χ1) is 9.56. The molecule has 2 rings (SSSR count). The fraction of sp³-hybridized carbons (Fsp3) is 0.667. The molecule has 1 aliphatic rings. The molecule has 0 spiro atoms. The molecule has 2 unspecified atom stereocenters. The van der Waals surface area contributed by atoms with Crippen molar-refractivity contribution in [3.63, 3.8) is 0 Å². The maximum atomic E-state index is 5.80. The SMILES string of the molecule is CCNC(Cc1c(C)cc(C)cc1C)C(OC)C1CC1. The second-order valence-electron chi connectivity index (χ2n) is 6.28. The topological polar surface area (TPSA) is 21.3 Å². The number of aryl methyl sites for hydroxylation is 3. The summed E-state index contributed by atoms with van der Waals surface area (Å²) in [6, 6.07) is 5.02. The van der Waals surface area contributed by atoms with Crippen LogP contribution in [0.1, 0.15) is 42.0 Å². The third-order valence-corrected chi connectivity index (χ3v) is 4.49. The van der Waals surface area contributed by atoms with Crippen molar-refractivity contribution in [3.8, 4) is 0 Å².